The molecule has 7 heteroatoms. The minimum atomic E-state index is -0.785. The van der Waals surface area contributed by atoms with Gasteiger partial charge in [-0.3, -0.25) is 0 Å². The van der Waals surface area contributed by atoms with Gasteiger partial charge in [0, 0.05) is 44.3 Å². The Hall–Kier alpha value is -8.55. The van der Waals surface area contributed by atoms with Crippen LogP contribution >= 0.6 is 0 Å². The molecule has 0 fully saturated rings. The van der Waals surface area contributed by atoms with Crippen LogP contribution in [-0.2, 0) is 5.41 Å². The lowest BCUT2D eigenvalue weighted by atomic mass is 9.65. The predicted octanol–water partition coefficient (Wildman–Crippen LogP) is 13.4. The first-order chi connectivity index (χ1) is 31.2. The number of aromatic nitrogens is 5. The molecule has 8 aromatic carbocycles. The van der Waals surface area contributed by atoms with Crippen LogP contribution < -0.4 is 4.74 Å². The van der Waals surface area contributed by atoms with Gasteiger partial charge < -0.3 is 9.15 Å². The number of ether oxygens (including phenoxy) is 1. The third-order valence-corrected chi connectivity index (χ3v) is 12.4. The van der Waals surface area contributed by atoms with Crippen LogP contribution in [0.2, 0.25) is 0 Å². The average molecular weight is 808 g/mol. The molecule has 0 atom stereocenters. The molecule has 0 saturated carbocycles. The molecule has 0 radical (unpaired) electrons. The van der Waals surface area contributed by atoms with E-state index in [0.717, 1.165) is 94.7 Å². The second kappa shape index (κ2) is 13.7. The van der Waals surface area contributed by atoms with E-state index in [4.69, 9.17) is 34.1 Å². The maximum atomic E-state index is 6.75. The zero-order valence-corrected chi connectivity index (χ0v) is 33.6. The number of benzene rings is 8. The zero-order valence-electron chi connectivity index (χ0n) is 33.6. The van der Waals surface area contributed by atoms with Crippen molar-refractivity contribution in [2.75, 3.05) is 0 Å². The number of fused-ring (bicyclic) bond motifs is 12. The van der Waals surface area contributed by atoms with Gasteiger partial charge in [-0.05, 0) is 52.6 Å². The zero-order chi connectivity index (χ0) is 41.5. The van der Waals surface area contributed by atoms with E-state index in [2.05, 4.69) is 78.9 Å². The molecule has 0 bridgehead atoms. The second-order valence-electron chi connectivity index (χ2n) is 15.9. The minimum Gasteiger partial charge on any atom is -0.457 e. The summed E-state index contributed by atoms with van der Waals surface area (Å²) in [6.07, 6.45) is 0. The fourth-order valence-electron chi connectivity index (χ4n) is 9.67. The summed E-state index contributed by atoms with van der Waals surface area (Å²) in [5.74, 6) is 4.03. The van der Waals surface area contributed by atoms with Gasteiger partial charge in [-0.15, -0.1) is 0 Å². The maximum Gasteiger partial charge on any atom is 0.231 e. The van der Waals surface area contributed by atoms with Crippen molar-refractivity contribution in [2.24, 2.45) is 0 Å². The number of hydrogen-bond donors (Lipinski definition) is 0. The Balaban J connectivity index is 1.09. The standard InChI is InChI=1S/C56H33N5O2/c1-4-16-34(17-5-1)51-57-50(49-41-22-10-13-25-46(41)63-55(49)61-51)37-28-30-39-40-31-29-38(54-59-52(35-18-6-2-7-19-35)58-53(60-54)36-20-8-3-9-21-36)33-45(40)56(44(39)32-37)42-23-11-14-26-47(42)62-48-27-15-12-24-43(48)56/h1-33H. The summed E-state index contributed by atoms with van der Waals surface area (Å²) in [6.45, 7) is 0. The van der Waals surface area contributed by atoms with Crippen molar-refractivity contribution in [1.29, 1.82) is 0 Å². The largest absolute Gasteiger partial charge is 0.457 e. The fraction of sp³-hybridized carbons (Fsp3) is 0.0179. The van der Waals surface area contributed by atoms with Gasteiger partial charge in [0.05, 0.1) is 16.5 Å². The molecule has 1 aliphatic heterocycles. The van der Waals surface area contributed by atoms with Crippen molar-refractivity contribution < 1.29 is 9.15 Å². The molecular weight excluding hydrogens is 775 g/mol. The van der Waals surface area contributed by atoms with Crippen LogP contribution in [0.3, 0.4) is 0 Å². The van der Waals surface area contributed by atoms with Crippen LogP contribution in [0.25, 0.3) is 90.0 Å². The van der Waals surface area contributed by atoms with Crippen LogP contribution in [0.1, 0.15) is 22.3 Å². The summed E-state index contributed by atoms with van der Waals surface area (Å²) in [5, 5.41) is 1.84. The SMILES string of the molecule is c1ccc(-c2nc(-c3ccccc3)nc(-c3ccc4c(c3)C3(c5ccccc5Oc5ccccc53)c3cc(-c5nc(-c6ccccc6)nc6oc7ccccc7c56)ccc3-4)n2)cc1. The molecule has 1 aliphatic carbocycles. The Bertz CT molecular complexity index is 3500. The van der Waals surface area contributed by atoms with Crippen molar-refractivity contribution in [2.45, 2.75) is 5.41 Å². The lowest BCUT2D eigenvalue weighted by Crippen LogP contribution is -2.32. The van der Waals surface area contributed by atoms with Gasteiger partial charge in [0.1, 0.15) is 17.1 Å². The quantitative estimate of drug-likeness (QED) is 0.171. The second-order valence-corrected chi connectivity index (χ2v) is 15.9. The monoisotopic (exact) mass is 807 g/mol. The third kappa shape index (κ3) is 5.36. The molecule has 294 valence electrons. The number of furan rings is 1. The van der Waals surface area contributed by atoms with Crippen molar-refractivity contribution in [3.63, 3.8) is 0 Å². The van der Waals surface area contributed by atoms with Gasteiger partial charge in [-0.1, -0.05) is 170 Å². The number of rotatable bonds is 5. The predicted molar refractivity (Wildman–Crippen MR) is 247 cm³/mol. The van der Waals surface area contributed by atoms with Gasteiger partial charge in [-0.25, -0.2) is 19.9 Å². The normalized spacial score (nSPS) is 13.0. The lowest BCUT2D eigenvalue weighted by Gasteiger charge is -2.39. The summed E-state index contributed by atoms with van der Waals surface area (Å²) in [7, 11) is 0. The molecule has 13 rings (SSSR count). The molecule has 7 nitrogen and oxygen atoms in total. The lowest BCUT2D eigenvalue weighted by molar-refractivity contribution is 0.436. The van der Waals surface area contributed by atoms with Crippen molar-refractivity contribution >= 4 is 22.1 Å². The Morgan fingerprint density at radius 2 is 0.810 bits per heavy atom. The molecule has 4 heterocycles. The van der Waals surface area contributed by atoms with Crippen molar-refractivity contribution in [3.8, 4) is 79.4 Å². The molecule has 0 amide bonds. The highest BCUT2D eigenvalue weighted by Crippen LogP contribution is 2.63. The van der Waals surface area contributed by atoms with Gasteiger partial charge in [-0.2, -0.15) is 4.98 Å². The first-order valence-corrected chi connectivity index (χ1v) is 21.0. The number of nitrogens with zero attached hydrogens (tertiary/aromatic N) is 5. The highest BCUT2D eigenvalue weighted by molar-refractivity contribution is 6.11. The summed E-state index contributed by atoms with van der Waals surface area (Å²) < 4.78 is 13.2. The molecule has 0 unspecified atom stereocenters. The molecule has 63 heavy (non-hydrogen) atoms. The summed E-state index contributed by atoms with van der Waals surface area (Å²) >= 11 is 0. The van der Waals surface area contributed by atoms with E-state index in [1.54, 1.807) is 0 Å². The van der Waals surface area contributed by atoms with E-state index >= 15 is 0 Å². The van der Waals surface area contributed by atoms with Gasteiger partial charge >= 0.3 is 0 Å². The van der Waals surface area contributed by atoms with E-state index in [1.165, 1.54) is 0 Å². The van der Waals surface area contributed by atoms with E-state index < -0.39 is 5.41 Å². The molecule has 0 N–H and O–H groups in total. The van der Waals surface area contributed by atoms with Gasteiger partial charge in [0.15, 0.2) is 23.3 Å². The smallest absolute Gasteiger partial charge is 0.231 e. The summed E-state index contributed by atoms with van der Waals surface area (Å²) in [4.78, 5) is 25.7. The maximum absolute atomic E-state index is 6.75. The molecule has 11 aromatic rings. The molecular formula is C56H33N5O2. The van der Waals surface area contributed by atoms with Gasteiger partial charge in [0.25, 0.3) is 0 Å². The van der Waals surface area contributed by atoms with E-state index in [1.807, 2.05) is 121 Å². The van der Waals surface area contributed by atoms with Crippen LogP contribution in [0.15, 0.2) is 205 Å². The first-order valence-electron chi connectivity index (χ1n) is 21.0. The summed E-state index contributed by atoms with van der Waals surface area (Å²) in [6, 6.07) is 68.6. The minimum absolute atomic E-state index is 0.548. The first kappa shape index (κ1) is 35.2. The Morgan fingerprint density at radius 3 is 1.40 bits per heavy atom. The van der Waals surface area contributed by atoms with Crippen LogP contribution in [0.4, 0.5) is 0 Å². The molecule has 3 aromatic heterocycles. The fourth-order valence-corrected chi connectivity index (χ4v) is 9.67. The van der Waals surface area contributed by atoms with E-state index in [0.29, 0.717) is 29.0 Å². The van der Waals surface area contributed by atoms with Crippen LogP contribution in [-0.4, -0.2) is 24.9 Å². The number of para-hydroxylation sites is 3. The highest BCUT2D eigenvalue weighted by atomic mass is 16.5. The molecule has 1 spiro atoms. The third-order valence-electron chi connectivity index (χ3n) is 12.4. The Labute approximate surface area is 362 Å². The Kier molecular flexibility index (Phi) is 7.68. The molecule has 2 aliphatic rings. The average Bonchev–Trinajstić information content (AvgIpc) is 3.87. The highest BCUT2D eigenvalue weighted by Gasteiger charge is 2.51. The summed E-state index contributed by atoms with van der Waals surface area (Å²) in [5.41, 5.74) is 12.5. The molecule has 0 saturated heterocycles. The van der Waals surface area contributed by atoms with E-state index in [9.17, 15) is 0 Å². The van der Waals surface area contributed by atoms with Crippen LogP contribution in [0, 0.1) is 0 Å². The Morgan fingerprint density at radius 1 is 0.349 bits per heavy atom. The van der Waals surface area contributed by atoms with Gasteiger partial charge in [0.2, 0.25) is 5.71 Å². The topological polar surface area (TPSA) is 86.8 Å². The van der Waals surface area contributed by atoms with Crippen molar-refractivity contribution in [1.82, 2.24) is 24.9 Å². The number of hydrogen-bond acceptors (Lipinski definition) is 7. The van der Waals surface area contributed by atoms with Crippen LogP contribution in [0.5, 0.6) is 11.5 Å². The van der Waals surface area contributed by atoms with E-state index in [-0.39, 0.29) is 0 Å². The van der Waals surface area contributed by atoms with Crippen molar-refractivity contribution in [3.05, 3.63) is 222 Å².